The Kier molecular flexibility index (Phi) is 11.1. The number of aromatic nitrogens is 3. The lowest BCUT2D eigenvalue weighted by Crippen LogP contribution is -2.34. The van der Waals surface area contributed by atoms with Crippen LogP contribution in [0, 0.1) is 12.7 Å². The van der Waals surface area contributed by atoms with Crippen LogP contribution in [0.25, 0.3) is 5.70 Å². The molecule has 0 amide bonds. The highest BCUT2D eigenvalue weighted by Gasteiger charge is 2.30. The number of halogens is 6. The molecule has 1 aliphatic carbocycles. The number of hydrogen-bond donors (Lipinski definition) is 2. The minimum Gasteiger partial charge on any atom is -0.395 e. The van der Waals surface area contributed by atoms with Gasteiger partial charge in [-0.1, -0.05) is 37.5 Å². The first kappa shape index (κ1) is 32.6. The van der Waals surface area contributed by atoms with Crippen LogP contribution in [0.2, 0.25) is 0 Å². The molecule has 0 saturated heterocycles. The maximum atomic E-state index is 13.6. The Hall–Kier alpha value is -3.87. The number of nitrogens with zero attached hydrogens (tertiary/aromatic N) is 4. The van der Waals surface area contributed by atoms with E-state index in [9.17, 15) is 31.1 Å². The highest BCUT2D eigenvalue weighted by atomic mass is 19.4. The molecule has 42 heavy (non-hydrogen) atoms. The maximum Gasteiger partial charge on any atom is 0.393 e. The van der Waals surface area contributed by atoms with Crippen molar-refractivity contribution in [3.05, 3.63) is 98.6 Å². The lowest BCUT2D eigenvalue weighted by atomic mass is 9.84. The molecule has 3 aromatic rings. The van der Waals surface area contributed by atoms with Crippen LogP contribution in [0.1, 0.15) is 66.1 Å². The summed E-state index contributed by atoms with van der Waals surface area (Å²) in [5.41, 5.74) is 5.51. The summed E-state index contributed by atoms with van der Waals surface area (Å²) < 4.78 is 79.4. The van der Waals surface area contributed by atoms with E-state index in [1.165, 1.54) is 43.6 Å². The number of alkyl halides is 5. The van der Waals surface area contributed by atoms with Crippen LogP contribution in [-0.4, -0.2) is 39.4 Å². The summed E-state index contributed by atoms with van der Waals surface area (Å²) >= 11 is 0. The minimum absolute atomic E-state index is 0.00810. The van der Waals surface area contributed by atoms with Crippen LogP contribution in [0.3, 0.4) is 0 Å². The third-order valence-electron chi connectivity index (χ3n) is 6.84. The molecule has 2 heterocycles. The third-order valence-corrected chi connectivity index (χ3v) is 6.84. The number of hydrazine groups is 1. The summed E-state index contributed by atoms with van der Waals surface area (Å²) in [5, 5.41) is 4.81. The topological polar surface area (TPSA) is 103 Å². The van der Waals surface area contributed by atoms with Gasteiger partial charge in [-0.2, -0.15) is 18.3 Å². The van der Waals surface area contributed by atoms with Gasteiger partial charge in [0.1, 0.15) is 17.2 Å². The van der Waals surface area contributed by atoms with Crippen LogP contribution in [0.15, 0.2) is 59.2 Å². The first-order chi connectivity index (χ1) is 19.8. The fraction of sp³-hybridized carbons (Fsp3) is 0.414. The van der Waals surface area contributed by atoms with Gasteiger partial charge < -0.3 is 10.7 Å². The van der Waals surface area contributed by atoms with Crippen molar-refractivity contribution < 1.29 is 26.3 Å². The van der Waals surface area contributed by atoms with Crippen molar-refractivity contribution in [3.63, 3.8) is 0 Å². The van der Waals surface area contributed by atoms with Crippen LogP contribution < -0.4 is 17.1 Å². The van der Waals surface area contributed by atoms with E-state index >= 15 is 0 Å². The van der Waals surface area contributed by atoms with Crippen LogP contribution in [0.4, 0.5) is 26.3 Å². The first-order valence-electron chi connectivity index (χ1n) is 13.4. The fourth-order valence-corrected chi connectivity index (χ4v) is 4.84. The molecule has 228 valence electrons. The van der Waals surface area contributed by atoms with Crippen LogP contribution in [0.5, 0.6) is 0 Å². The van der Waals surface area contributed by atoms with Crippen molar-refractivity contribution in [1.29, 1.82) is 0 Å². The molecule has 1 aliphatic rings. The third kappa shape index (κ3) is 9.07. The Bertz CT molecular complexity index is 1400. The maximum absolute atomic E-state index is 13.6. The number of nitrogens with two attached hydrogens (primary N) is 2. The van der Waals surface area contributed by atoms with E-state index in [1.54, 1.807) is 6.07 Å². The Balaban J connectivity index is 0.000000521. The van der Waals surface area contributed by atoms with Gasteiger partial charge in [0.15, 0.2) is 0 Å². The monoisotopic (exact) mass is 596 g/mol. The Labute approximate surface area is 239 Å². The summed E-state index contributed by atoms with van der Waals surface area (Å²) in [7, 11) is 1.20. The van der Waals surface area contributed by atoms with Gasteiger partial charge >= 0.3 is 6.18 Å². The Morgan fingerprint density at radius 3 is 2.36 bits per heavy atom. The molecule has 0 aliphatic heterocycles. The number of benzene rings is 1. The summed E-state index contributed by atoms with van der Waals surface area (Å²) in [5.74, 6) is 5.23. The highest BCUT2D eigenvalue weighted by Crippen LogP contribution is 2.32. The average molecular weight is 597 g/mol. The lowest BCUT2D eigenvalue weighted by Gasteiger charge is -2.23. The molecule has 0 bridgehead atoms. The molecule has 1 fully saturated rings. The summed E-state index contributed by atoms with van der Waals surface area (Å²) in [6.45, 7) is 1.50. The molecule has 4 N–H and O–H groups in total. The summed E-state index contributed by atoms with van der Waals surface area (Å²) in [4.78, 5) is 17.3. The zero-order valence-electron chi connectivity index (χ0n) is 23.3. The number of allylic oxidation sites excluding steroid dienone is 1. The SMILES string of the molecule is CN(N)/C(=C(\N)c1cc(C2CCCCC2)c(=O)n(Cc2ncccc2CC(F)(F)F)n1)C(F)F.Cc1cccc(F)c1. The van der Waals surface area contributed by atoms with Crippen molar-refractivity contribution >= 4 is 5.70 Å². The highest BCUT2D eigenvalue weighted by molar-refractivity contribution is 5.63. The van der Waals surface area contributed by atoms with Crippen molar-refractivity contribution in [2.45, 2.75) is 70.5 Å². The van der Waals surface area contributed by atoms with Crippen molar-refractivity contribution in [1.82, 2.24) is 19.8 Å². The van der Waals surface area contributed by atoms with E-state index in [1.807, 2.05) is 13.0 Å². The van der Waals surface area contributed by atoms with Crippen LogP contribution in [-0.2, 0) is 13.0 Å². The molecule has 13 heteroatoms. The summed E-state index contributed by atoms with van der Waals surface area (Å²) in [6, 6.07) is 10.5. The second-order valence-electron chi connectivity index (χ2n) is 10.2. The van der Waals surface area contributed by atoms with E-state index in [0.29, 0.717) is 10.6 Å². The second-order valence-corrected chi connectivity index (χ2v) is 10.2. The normalized spacial score (nSPS) is 14.7. The lowest BCUT2D eigenvalue weighted by molar-refractivity contribution is -0.127. The molecule has 2 aromatic heterocycles. The van der Waals surface area contributed by atoms with Crippen molar-refractivity contribution in [2.24, 2.45) is 11.6 Å². The number of pyridine rings is 1. The number of rotatable bonds is 7. The first-order valence-corrected chi connectivity index (χ1v) is 13.4. The van der Waals surface area contributed by atoms with Gasteiger partial charge in [0.05, 0.1) is 24.4 Å². The molecule has 1 aromatic carbocycles. The molecule has 1 saturated carbocycles. The molecule has 7 nitrogen and oxygen atoms in total. The van der Waals surface area contributed by atoms with Crippen molar-refractivity contribution in [3.8, 4) is 0 Å². The van der Waals surface area contributed by atoms with Crippen LogP contribution >= 0.6 is 0 Å². The van der Waals surface area contributed by atoms with Gasteiger partial charge in [-0.05, 0) is 61.1 Å². The van der Waals surface area contributed by atoms with Crippen molar-refractivity contribution in [2.75, 3.05) is 7.05 Å². The molecule has 0 radical (unpaired) electrons. The Morgan fingerprint density at radius 2 is 1.81 bits per heavy atom. The fourth-order valence-electron chi connectivity index (χ4n) is 4.84. The van der Waals surface area contributed by atoms with Gasteiger partial charge in [-0.25, -0.2) is 23.7 Å². The van der Waals surface area contributed by atoms with E-state index in [2.05, 4.69) is 10.1 Å². The predicted octanol–water partition coefficient (Wildman–Crippen LogP) is 5.67. The van der Waals surface area contributed by atoms with E-state index < -0.39 is 36.0 Å². The quantitative estimate of drug-likeness (QED) is 0.207. The zero-order valence-corrected chi connectivity index (χ0v) is 23.3. The number of hydrogen-bond acceptors (Lipinski definition) is 6. The zero-order chi connectivity index (χ0) is 31.0. The van der Waals surface area contributed by atoms with Gasteiger partial charge in [0.2, 0.25) is 0 Å². The second kappa shape index (κ2) is 14.3. The van der Waals surface area contributed by atoms with E-state index in [4.69, 9.17) is 11.6 Å². The average Bonchev–Trinajstić information content (AvgIpc) is 2.90. The molecule has 0 unspecified atom stereocenters. The summed E-state index contributed by atoms with van der Waals surface area (Å²) in [6.07, 6.45) is -3.12. The van der Waals surface area contributed by atoms with Gasteiger partial charge in [-0.3, -0.25) is 9.78 Å². The van der Waals surface area contributed by atoms with E-state index in [0.717, 1.165) is 42.3 Å². The molecular weight excluding hydrogens is 562 g/mol. The smallest absolute Gasteiger partial charge is 0.393 e. The number of aryl methyl sites for hydroxylation is 1. The molecular formula is C29H34F6N6O. The largest absolute Gasteiger partial charge is 0.395 e. The van der Waals surface area contributed by atoms with Gasteiger partial charge in [0.25, 0.3) is 12.0 Å². The standard InChI is InChI=1S/C22H27F5N6O.C7H7F/c1-32(29)19(20(23)24)18(28)16-10-15(13-6-3-2-4-7-13)21(34)33(31-16)12-17-14(8-5-9-30-17)11-22(25,26)27;1-6-3-2-4-7(8)5-6/h5,8-10,13,20H,2-4,6-7,11-12,28-29H2,1H3;2-5H,1H3/b19-18-;. The molecule has 0 spiro atoms. The molecule has 4 rings (SSSR count). The van der Waals surface area contributed by atoms with Gasteiger partial charge in [0, 0.05) is 18.8 Å². The molecule has 0 atom stereocenters. The predicted molar refractivity (Wildman–Crippen MR) is 148 cm³/mol. The van der Waals surface area contributed by atoms with Gasteiger partial charge in [-0.15, -0.1) is 0 Å². The van der Waals surface area contributed by atoms with E-state index in [-0.39, 0.29) is 35.2 Å². The Morgan fingerprint density at radius 1 is 1.12 bits per heavy atom. The minimum atomic E-state index is -4.48.